The first-order chi connectivity index (χ1) is 16.1. The molecule has 0 aromatic heterocycles. The second kappa shape index (κ2) is 9.42. The first kappa shape index (κ1) is 24.9. The molecule has 0 bridgehead atoms. The molecule has 3 unspecified atom stereocenters. The quantitative estimate of drug-likeness (QED) is 0.567. The van der Waals surface area contributed by atoms with Crippen molar-refractivity contribution in [3.05, 3.63) is 63.6 Å². The van der Waals surface area contributed by atoms with Gasteiger partial charge in [-0.3, -0.25) is 4.79 Å². The van der Waals surface area contributed by atoms with Crippen molar-refractivity contribution in [1.29, 1.82) is 5.26 Å². The van der Waals surface area contributed by atoms with Crippen molar-refractivity contribution in [3.63, 3.8) is 0 Å². The van der Waals surface area contributed by atoms with E-state index in [1.54, 1.807) is 12.1 Å². The third kappa shape index (κ3) is 4.91. The van der Waals surface area contributed by atoms with Crippen molar-refractivity contribution in [2.45, 2.75) is 54.1 Å². The normalized spacial score (nSPS) is 23.3. The van der Waals surface area contributed by atoms with Crippen LogP contribution in [0.1, 0.15) is 31.2 Å². The highest BCUT2D eigenvalue weighted by molar-refractivity contribution is 7.92. The van der Waals surface area contributed by atoms with Crippen LogP contribution in [0.25, 0.3) is 0 Å². The summed E-state index contributed by atoms with van der Waals surface area (Å²) in [7, 11) is -3.93. The molecule has 3 atom stereocenters. The zero-order valence-electron chi connectivity index (χ0n) is 17.7. The van der Waals surface area contributed by atoms with Gasteiger partial charge in [0.25, 0.3) is 0 Å². The summed E-state index contributed by atoms with van der Waals surface area (Å²) in [6.07, 6.45) is -0.128. The molecule has 1 N–H and O–H groups in total. The first-order valence-electron chi connectivity index (χ1n) is 10.5. The SMILES string of the molecule is N#CC1(NC(=O)C2CC(S(=O)(=O)c3ccccc3Cl)CC2OCc2c(F)cc(Cl)cc2F)CC1. The van der Waals surface area contributed by atoms with Crippen molar-refractivity contribution in [3.8, 4) is 6.07 Å². The molecule has 4 rings (SSSR count). The molecule has 34 heavy (non-hydrogen) atoms. The second-order valence-electron chi connectivity index (χ2n) is 8.56. The van der Waals surface area contributed by atoms with Crippen LogP contribution in [0, 0.1) is 28.9 Å². The molecule has 6 nitrogen and oxygen atoms in total. The lowest BCUT2D eigenvalue weighted by Gasteiger charge is -2.21. The Hall–Kier alpha value is -2.25. The molecule has 0 aliphatic heterocycles. The van der Waals surface area contributed by atoms with E-state index in [-0.39, 0.29) is 33.3 Å². The van der Waals surface area contributed by atoms with Gasteiger partial charge in [0.2, 0.25) is 5.91 Å². The van der Waals surface area contributed by atoms with Crippen molar-refractivity contribution in [1.82, 2.24) is 5.32 Å². The Bertz CT molecular complexity index is 1250. The fourth-order valence-electron chi connectivity index (χ4n) is 4.14. The number of ether oxygens (including phenoxy) is 1. The van der Waals surface area contributed by atoms with Gasteiger partial charge in [0.15, 0.2) is 9.84 Å². The number of hydrogen-bond donors (Lipinski definition) is 1. The number of nitriles is 1. The monoisotopic (exact) mass is 528 g/mol. The summed E-state index contributed by atoms with van der Waals surface area (Å²) in [5.74, 6) is -3.29. The molecule has 0 saturated heterocycles. The lowest BCUT2D eigenvalue weighted by atomic mass is 10.0. The number of rotatable bonds is 7. The molecule has 11 heteroatoms. The minimum atomic E-state index is -3.93. The third-order valence-corrected chi connectivity index (χ3v) is 9.15. The average Bonchev–Trinajstić information content (AvgIpc) is 3.40. The van der Waals surface area contributed by atoms with Gasteiger partial charge in [0.05, 0.1) is 39.9 Å². The van der Waals surface area contributed by atoms with Crippen LogP contribution in [0.15, 0.2) is 41.3 Å². The second-order valence-corrected chi connectivity index (χ2v) is 11.6. The average molecular weight is 529 g/mol. The number of halogens is 4. The van der Waals surface area contributed by atoms with Gasteiger partial charge < -0.3 is 10.1 Å². The Morgan fingerprint density at radius 3 is 2.41 bits per heavy atom. The van der Waals surface area contributed by atoms with Gasteiger partial charge in [-0.1, -0.05) is 35.3 Å². The topological polar surface area (TPSA) is 96.3 Å². The van der Waals surface area contributed by atoms with Gasteiger partial charge in [0, 0.05) is 10.6 Å². The highest BCUT2D eigenvalue weighted by Crippen LogP contribution is 2.40. The number of amides is 1. The standard InChI is InChI=1S/C23H20Cl2F2N2O4S/c24-13-7-18(26)16(19(27)8-13)11-33-20-10-14(34(31,32)21-4-2-1-3-17(21)25)9-15(20)22(30)29-23(12-28)5-6-23/h1-4,7-8,14-15,20H,5-6,9-11H2,(H,29,30). The van der Waals surface area contributed by atoms with Crippen LogP contribution in [-0.2, 0) is 26.0 Å². The maximum absolute atomic E-state index is 14.2. The zero-order valence-corrected chi connectivity index (χ0v) is 20.1. The molecule has 2 aromatic carbocycles. The van der Waals surface area contributed by atoms with Crippen LogP contribution < -0.4 is 5.32 Å². The molecular weight excluding hydrogens is 509 g/mol. The molecule has 2 fully saturated rings. The van der Waals surface area contributed by atoms with Gasteiger partial charge >= 0.3 is 0 Å². The van der Waals surface area contributed by atoms with E-state index < -0.39 is 56.8 Å². The van der Waals surface area contributed by atoms with E-state index in [1.807, 2.05) is 0 Å². The van der Waals surface area contributed by atoms with Crippen LogP contribution in [-0.4, -0.2) is 31.2 Å². The Kier molecular flexibility index (Phi) is 6.89. The van der Waals surface area contributed by atoms with Gasteiger partial charge in [-0.05, 0) is 49.9 Å². The van der Waals surface area contributed by atoms with E-state index >= 15 is 0 Å². The maximum Gasteiger partial charge on any atom is 0.227 e. The smallest absolute Gasteiger partial charge is 0.227 e. The van der Waals surface area contributed by atoms with Gasteiger partial charge in [0.1, 0.15) is 17.2 Å². The van der Waals surface area contributed by atoms with Crippen LogP contribution in [0.3, 0.4) is 0 Å². The minimum absolute atomic E-state index is 0.0552. The number of carbonyl (C=O) groups excluding carboxylic acids is 1. The van der Waals surface area contributed by atoms with E-state index in [0.717, 1.165) is 12.1 Å². The Labute approximate surface area is 205 Å². The Morgan fingerprint density at radius 1 is 1.18 bits per heavy atom. The number of carbonyl (C=O) groups is 1. The van der Waals surface area contributed by atoms with Crippen LogP contribution in [0.2, 0.25) is 10.0 Å². The predicted molar refractivity (Wildman–Crippen MR) is 121 cm³/mol. The summed E-state index contributed by atoms with van der Waals surface area (Å²) < 4.78 is 60.7. The highest BCUT2D eigenvalue weighted by Gasteiger charge is 2.50. The molecule has 0 heterocycles. The molecule has 2 aliphatic rings. The zero-order chi connectivity index (χ0) is 24.7. The van der Waals surface area contributed by atoms with Crippen molar-refractivity contribution < 1.29 is 26.7 Å². The summed E-state index contributed by atoms with van der Waals surface area (Å²) in [6, 6.07) is 9.92. The summed E-state index contributed by atoms with van der Waals surface area (Å²) in [5.41, 5.74) is -1.34. The fraction of sp³-hybridized carbons (Fsp3) is 0.391. The number of benzene rings is 2. The third-order valence-electron chi connectivity index (χ3n) is 6.25. The summed E-state index contributed by atoms with van der Waals surface area (Å²) in [4.78, 5) is 12.9. The number of hydrogen-bond acceptors (Lipinski definition) is 5. The molecule has 180 valence electrons. The molecular formula is C23H20Cl2F2N2O4S. The minimum Gasteiger partial charge on any atom is -0.372 e. The van der Waals surface area contributed by atoms with E-state index in [2.05, 4.69) is 11.4 Å². The molecule has 2 aromatic rings. The highest BCUT2D eigenvalue weighted by atomic mass is 35.5. The lowest BCUT2D eigenvalue weighted by molar-refractivity contribution is -0.130. The van der Waals surface area contributed by atoms with Crippen molar-refractivity contribution in [2.75, 3.05) is 0 Å². The lowest BCUT2D eigenvalue weighted by Crippen LogP contribution is -2.42. The molecule has 2 saturated carbocycles. The van der Waals surface area contributed by atoms with Crippen LogP contribution in [0.5, 0.6) is 0 Å². The van der Waals surface area contributed by atoms with Gasteiger partial charge in [-0.15, -0.1) is 0 Å². The fourth-order valence-corrected chi connectivity index (χ4v) is 6.66. The Morgan fingerprint density at radius 2 is 1.82 bits per heavy atom. The van der Waals surface area contributed by atoms with Crippen molar-refractivity contribution in [2.24, 2.45) is 5.92 Å². The van der Waals surface area contributed by atoms with Crippen molar-refractivity contribution >= 4 is 38.9 Å². The van der Waals surface area contributed by atoms with Gasteiger partial charge in [-0.25, -0.2) is 17.2 Å². The molecule has 2 aliphatic carbocycles. The van der Waals surface area contributed by atoms with E-state index in [0.29, 0.717) is 12.8 Å². The van der Waals surface area contributed by atoms with E-state index in [9.17, 15) is 27.3 Å². The Balaban J connectivity index is 1.59. The number of sulfone groups is 1. The first-order valence-corrected chi connectivity index (χ1v) is 12.8. The van der Waals surface area contributed by atoms with Crippen LogP contribution in [0.4, 0.5) is 8.78 Å². The molecule has 0 radical (unpaired) electrons. The number of nitrogens with zero attached hydrogens (tertiary/aromatic N) is 1. The molecule has 1 amide bonds. The van der Waals surface area contributed by atoms with E-state index in [4.69, 9.17) is 27.9 Å². The van der Waals surface area contributed by atoms with Gasteiger partial charge in [-0.2, -0.15) is 5.26 Å². The summed E-state index contributed by atoms with van der Waals surface area (Å²) >= 11 is 11.8. The number of nitrogens with one attached hydrogen (secondary N) is 1. The largest absolute Gasteiger partial charge is 0.372 e. The van der Waals surface area contributed by atoms with E-state index in [1.165, 1.54) is 12.1 Å². The van der Waals surface area contributed by atoms with Crippen LogP contribution >= 0.6 is 23.2 Å². The summed E-state index contributed by atoms with van der Waals surface area (Å²) in [5, 5.41) is 10.9. The maximum atomic E-state index is 14.2. The molecule has 0 spiro atoms. The summed E-state index contributed by atoms with van der Waals surface area (Å²) in [6.45, 7) is -0.522. The predicted octanol–water partition coefficient (Wildman–Crippen LogP) is 4.58.